The van der Waals surface area contributed by atoms with Gasteiger partial charge >= 0.3 is 12.2 Å². The normalized spacial score (nSPS) is 14.5. The van der Waals surface area contributed by atoms with Crippen molar-refractivity contribution in [3.8, 4) is 10.4 Å². The van der Waals surface area contributed by atoms with Crippen LogP contribution in [0.4, 0.5) is 35.3 Å². The van der Waals surface area contributed by atoms with Gasteiger partial charge in [-0.25, -0.2) is 19.7 Å². The van der Waals surface area contributed by atoms with E-state index in [1.807, 2.05) is 30.1 Å². The number of nitrogens with one attached hydrogen (secondary N) is 2. The third-order valence-corrected chi connectivity index (χ3v) is 6.82. The first kappa shape index (κ1) is 26.3. The molecule has 1 atom stereocenters. The molecule has 3 aromatic rings. The highest BCUT2D eigenvalue weighted by Crippen LogP contribution is 2.32. The summed E-state index contributed by atoms with van der Waals surface area (Å²) in [6.07, 6.45) is -0.636. The van der Waals surface area contributed by atoms with Crippen LogP contribution in [0.2, 0.25) is 0 Å². The van der Waals surface area contributed by atoms with Crippen LogP contribution >= 0.6 is 11.3 Å². The quantitative estimate of drug-likeness (QED) is 0.486. The van der Waals surface area contributed by atoms with Gasteiger partial charge in [-0.3, -0.25) is 15.0 Å². The van der Waals surface area contributed by atoms with E-state index >= 15 is 0 Å². The second kappa shape index (κ2) is 10.7. The molecule has 4 heterocycles. The van der Waals surface area contributed by atoms with Crippen molar-refractivity contribution < 1.29 is 22.8 Å². The molecule has 196 valence electrons. The number of urea groups is 1. The molecular formula is C24H26F3N7O2S. The SMILES string of the molecule is CCN1CCCN(C(=O)Nc2cc(-c3cnc(C)s3)ccn2)c2nc(C(=O)N[C@H](C)C(F)(F)F)ccc21. The molecular weight excluding hydrogens is 507 g/mol. The Morgan fingerprint density at radius 2 is 1.97 bits per heavy atom. The summed E-state index contributed by atoms with van der Waals surface area (Å²) < 4.78 is 38.9. The Bertz CT molecular complexity index is 1300. The molecule has 0 bridgehead atoms. The summed E-state index contributed by atoms with van der Waals surface area (Å²) in [5, 5.41) is 5.61. The number of amides is 3. The maximum Gasteiger partial charge on any atom is 0.408 e. The van der Waals surface area contributed by atoms with E-state index in [9.17, 15) is 22.8 Å². The Hall–Kier alpha value is -3.74. The summed E-state index contributed by atoms with van der Waals surface area (Å²) in [5.74, 6) is -0.465. The first-order valence-electron chi connectivity index (χ1n) is 11.7. The summed E-state index contributed by atoms with van der Waals surface area (Å²) in [5.41, 5.74) is 1.24. The van der Waals surface area contributed by atoms with E-state index in [0.717, 1.165) is 22.4 Å². The highest BCUT2D eigenvalue weighted by molar-refractivity contribution is 7.15. The van der Waals surface area contributed by atoms with Crippen LogP contribution in [0.25, 0.3) is 10.4 Å². The van der Waals surface area contributed by atoms with Crippen LogP contribution in [-0.2, 0) is 0 Å². The van der Waals surface area contributed by atoms with Crippen LogP contribution < -0.4 is 20.4 Å². The Labute approximate surface area is 215 Å². The number of nitrogens with zero attached hydrogens (tertiary/aromatic N) is 5. The maximum atomic E-state index is 13.4. The van der Waals surface area contributed by atoms with E-state index < -0.39 is 24.2 Å². The highest BCUT2D eigenvalue weighted by Gasteiger charge is 2.37. The topological polar surface area (TPSA) is 103 Å². The van der Waals surface area contributed by atoms with Gasteiger partial charge in [-0.1, -0.05) is 0 Å². The van der Waals surface area contributed by atoms with Crippen molar-refractivity contribution >= 4 is 40.6 Å². The molecule has 0 saturated heterocycles. The molecule has 1 aliphatic heterocycles. The lowest BCUT2D eigenvalue weighted by atomic mass is 10.2. The van der Waals surface area contributed by atoms with Gasteiger partial charge in [0.25, 0.3) is 5.91 Å². The highest BCUT2D eigenvalue weighted by atomic mass is 32.1. The lowest BCUT2D eigenvalue weighted by Gasteiger charge is -2.25. The lowest BCUT2D eigenvalue weighted by Crippen LogP contribution is -2.43. The number of carbonyl (C=O) groups is 2. The van der Waals surface area contributed by atoms with Crippen LogP contribution in [0.5, 0.6) is 0 Å². The van der Waals surface area contributed by atoms with E-state index in [2.05, 4.69) is 20.3 Å². The fourth-order valence-electron chi connectivity index (χ4n) is 3.86. The average molecular weight is 534 g/mol. The average Bonchev–Trinajstić information content (AvgIpc) is 3.20. The summed E-state index contributed by atoms with van der Waals surface area (Å²) in [6, 6.07) is 3.96. The van der Waals surface area contributed by atoms with Crippen molar-refractivity contribution in [2.75, 3.05) is 34.8 Å². The number of pyridine rings is 2. The molecule has 13 heteroatoms. The minimum Gasteiger partial charge on any atom is -0.369 e. The number of carbonyl (C=O) groups excluding carboxylic acids is 2. The van der Waals surface area contributed by atoms with Crippen molar-refractivity contribution in [2.24, 2.45) is 0 Å². The molecule has 3 amide bonds. The van der Waals surface area contributed by atoms with E-state index in [0.29, 0.717) is 37.6 Å². The van der Waals surface area contributed by atoms with Gasteiger partial charge in [0, 0.05) is 32.0 Å². The summed E-state index contributed by atoms with van der Waals surface area (Å²) in [6.45, 7) is 6.26. The zero-order valence-electron chi connectivity index (χ0n) is 20.5. The molecule has 0 aromatic carbocycles. The Morgan fingerprint density at radius 3 is 2.65 bits per heavy atom. The second-order valence-corrected chi connectivity index (χ2v) is 9.70. The maximum absolute atomic E-state index is 13.4. The van der Waals surface area contributed by atoms with Crippen LogP contribution in [0.1, 0.15) is 35.8 Å². The van der Waals surface area contributed by atoms with Gasteiger partial charge < -0.3 is 10.2 Å². The molecule has 37 heavy (non-hydrogen) atoms. The predicted octanol–water partition coefficient (Wildman–Crippen LogP) is 4.86. The fraction of sp³-hybridized carbons (Fsp3) is 0.375. The zero-order chi connectivity index (χ0) is 26.7. The number of hydrogen-bond acceptors (Lipinski definition) is 7. The van der Waals surface area contributed by atoms with Gasteiger partial charge in [-0.15, -0.1) is 11.3 Å². The first-order valence-corrected chi connectivity index (χ1v) is 12.5. The number of anilines is 3. The Kier molecular flexibility index (Phi) is 7.62. The van der Waals surface area contributed by atoms with Gasteiger partial charge in [-0.05, 0) is 57.0 Å². The van der Waals surface area contributed by atoms with Crippen molar-refractivity contribution in [2.45, 2.75) is 39.4 Å². The molecule has 3 aromatic heterocycles. The molecule has 0 fully saturated rings. The number of rotatable bonds is 5. The molecule has 9 nitrogen and oxygen atoms in total. The molecule has 0 unspecified atom stereocenters. The number of aryl methyl sites for hydroxylation is 1. The van der Waals surface area contributed by atoms with Crippen LogP contribution in [-0.4, -0.2) is 58.7 Å². The molecule has 0 saturated carbocycles. The number of alkyl halides is 3. The van der Waals surface area contributed by atoms with Crippen LogP contribution in [0.3, 0.4) is 0 Å². The Morgan fingerprint density at radius 1 is 1.19 bits per heavy atom. The number of thiazole rings is 1. The first-order chi connectivity index (χ1) is 17.6. The zero-order valence-corrected chi connectivity index (χ0v) is 21.3. The number of aromatic nitrogens is 3. The molecule has 0 aliphatic carbocycles. The minimum atomic E-state index is -4.59. The third kappa shape index (κ3) is 5.98. The fourth-order valence-corrected chi connectivity index (χ4v) is 4.64. The number of fused-ring (bicyclic) bond motifs is 1. The summed E-state index contributed by atoms with van der Waals surface area (Å²) >= 11 is 1.52. The van der Waals surface area contributed by atoms with E-state index in [-0.39, 0.29) is 11.5 Å². The largest absolute Gasteiger partial charge is 0.408 e. The van der Waals surface area contributed by atoms with E-state index in [1.54, 1.807) is 24.5 Å². The van der Waals surface area contributed by atoms with Crippen molar-refractivity contribution in [1.29, 1.82) is 0 Å². The van der Waals surface area contributed by atoms with Crippen molar-refractivity contribution in [3.63, 3.8) is 0 Å². The predicted molar refractivity (Wildman–Crippen MR) is 136 cm³/mol. The van der Waals surface area contributed by atoms with Gasteiger partial charge in [0.1, 0.15) is 17.6 Å². The number of halogens is 3. The van der Waals surface area contributed by atoms with E-state index in [1.165, 1.54) is 22.3 Å². The van der Waals surface area contributed by atoms with Crippen molar-refractivity contribution in [3.05, 3.63) is 47.4 Å². The summed E-state index contributed by atoms with van der Waals surface area (Å²) in [7, 11) is 0. The number of hydrogen-bond donors (Lipinski definition) is 2. The van der Waals surface area contributed by atoms with Gasteiger partial charge in [0.2, 0.25) is 0 Å². The van der Waals surface area contributed by atoms with Crippen LogP contribution in [0.15, 0.2) is 36.7 Å². The summed E-state index contributed by atoms with van der Waals surface area (Å²) in [4.78, 5) is 43.1. The molecule has 0 spiro atoms. The minimum absolute atomic E-state index is 0.193. The van der Waals surface area contributed by atoms with Crippen LogP contribution in [0, 0.1) is 6.92 Å². The van der Waals surface area contributed by atoms with Gasteiger partial charge in [0.05, 0.1) is 15.6 Å². The molecule has 0 radical (unpaired) electrons. The van der Waals surface area contributed by atoms with Crippen molar-refractivity contribution in [1.82, 2.24) is 20.3 Å². The Balaban J connectivity index is 1.62. The lowest BCUT2D eigenvalue weighted by molar-refractivity contribution is -0.149. The second-order valence-electron chi connectivity index (χ2n) is 8.46. The molecule has 2 N–H and O–H groups in total. The van der Waals surface area contributed by atoms with Gasteiger partial charge in [0.15, 0.2) is 5.82 Å². The van der Waals surface area contributed by atoms with E-state index in [4.69, 9.17) is 0 Å². The monoisotopic (exact) mass is 533 g/mol. The molecule has 1 aliphatic rings. The molecule has 4 rings (SSSR count). The van der Waals surface area contributed by atoms with Gasteiger partial charge in [-0.2, -0.15) is 13.2 Å². The smallest absolute Gasteiger partial charge is 0.369 e. The standard InChI is InChI=1S/C24H26F3N7O2S/c1-4-33-10-5-11-34(21-18(33)7-6-17(31-21)22(35)30-14(2)24(25,26)27)23(36)32-20-12-16(8-9-28-20)19-13-29-15(3)37-19/h6-9,12-14H,4-5,10-11H2,1-3H3,(H,30,35)(H,28,32,36)/t14-/m1/s1. The third-order valence-electron chi connectivity index (χ3n) is 5.86.